The van der Waals surface area contributed by atoms with E-state index in [4.69, 9.17) is 5.26 Å². The molecule has 0 aliphatic rings. The minimum atomic E-state index is -1.11. The molecule has 1 aromatic carbocycles. The number of nitrogens with one attached hydrogen (secondary N) is 2. The Morgan fingerprint density at radius 2 is 2.10 bits per heavy atom. The van der Waals surface area contributed by atoms with Crippen molar-refractivity contribution < 1.29 is 9.90 Å². The Balaban J connectivity index is 1.88. The Kier molecular flexibility index (Phi) is 4.58. The van der Waals surface area contributed by atoms with Crippen molar-refractivity contribution in [1.29, 1.82) is 5.26 Å². The third-order valence-corrected chi connectivity index (χ3v) is 3.69. The third-order valence-electron chi connectivity index (χ3n) is 3.01. The van der Waals surface area contributed by atoms with E-state index in [1.165, 1.54) is 11.3 Å². The summed E-state index contributed by atoms with van der Waals surface area (Å²) in [6.45, 7) is 1.75. The first-order valence-corrected chi connectivity index (χ1v) is 7.25. The molecule has 1 heterocycles. The fourth-order valence-corrected chi connectivity index (χ4v) is 2.51. The summed E-state index contributed by atoms with van der Waals surface area (Å²) in [5.41, 5.74) is 0.774. The number of rotatable bonds is 4. The summed E-state index contributed by atoms with van der Waals surface area (Å²) >= 11 is 1.49. The van der Waals surface area contributed by atoms with Gasteiger partial charge in [0.05, 0.1) is 18.2 Å². The SMILES string of the molecule is CC(O)(CNC(=O)Nc1ccc(C#N)cc1)c1ccsc1. The Morgan fingerprint density at radius 3 is 2.67 bits per heavy atom. The van der Waals surface area contributed by atoms with Gasteiger partial charge in [0.15, 0.2) is 0 Å². The van der Waals surface area contributed by atoms with Gasteiger partial charge < -0.3 is 15.7 Å². The number of nitrogens with zero attached hydrogens (tertiary/aromatic N) is 1. The highest BCUT2D eigenvalue weighted by Gasteiger charge is 2.24. The molecule has 0 saturated carbocycles. The molecular formula is C15H15N3O2S. The molecule has 5 nitrogen and oxygen atoms in total. The summed E-state index contributed by atoms with van der Waals surface area (Å²) in [4.78, 5) is 11.8. The van der Waals surface area contributed by atoms with Crippen molar-refractivity contribution in [2.45, 2.75) is 12.5 Å². The topological polar surface area (TPSA) is 85.2 Å². The average molecular weight is 301 g/mol. The first-order valence-electron chi connectivity index (χ1n) is 6.31. The summed E-state index contributed by atoms with van der Waals surface area (Å²) in [7, 11) is 0. The van der Waals surface area contributed by atoms with Crippen LogP contribution in [0.15, 0.2) is 41.1 Å². The molecule has 2 aromatic rings. The van der Waals surface area contributed by atoms with Crippen molar-refractivity contribution in [2.24, 2.45) is 0 Å². The second-order valence-electron chi connectivity index (χ2n) is 4.78. The van der Waals surface area contributed by atoms with Gasteiger partial charge in [-0.05, 0) is 53.6 Å². The van der Waals surface area contributed by atoms with E-state index in [1.807, 2.05) is 22.9 Å². The van der Waals surface area contributed by atoms with Crippen LogP contribution in [0, 0.1) is 11.3 Å². The lowest BCUT2D eigenvalue weighted by molar-refractivity contribution is 0.0604. The molecule has 3 N–H and O–H groups in total. The summed E-state index contributed by atoms with van der Waals surface area (Å²) in [6.07, 6.45) is 0. The molecule has 0 spiro atoms. The van der Waals surface area contributed by atoms with Gasteiger partial charge in [-0.25, -0.2) is 4.79 Å². The maximum absolute atomic E-state index is 11.8. The number of amides is 2. The van der Waals surface area contributed by atoms with Gasteiger partial charge >= 0.3 is 6.03 Å². The zero-order valence-electron chi connectivity index (χ0n) is 11.5. The fourth-order valence-electron chi connectivity index (χ4n) is 1.73. The van der Waals surface area contributed by atoms with Crippen molar-refractivity contribution in [2.75, 3.05) is 11.9 Å². The van der Waals surface area contributed by atoms with Crippen molar-refractivity contribution in [3.63, 3.8) is 0 Å². The number of nitriles is 1. The maximum atomic E-state index is 11.8. The van der Waals surface area contributed by atoms with Crippen molar-refractivity contribution >= 4 is 23.1 Å². The van der Waals surface area contributed by atoms with Crippen LogP contribution in [0.4, 0.5) is 10.5 Å². The monoisotopic (exact) mass is 301 g/mol. The van der Waals surface area contributed by atoms with E-state index in [-0.39, 0.29) is 6.54 Å². The summed E-state index contributed by atoms with van der Waals surface area (Å²) in [5.74, 6) is 0. The summed E-state index contributed by atoms with van der Waals surface area (Å²) in [5, 5.41) is 28.0. The zero-order chi connectivity index (χ0) is 15.3. The van der Waals surface area contributed by atoms with Gasteiger partial charge in [0.2, 0.25) is 0 Å². The minimum Gasteiger partial charge on any atom is -0.384 e. The lowest BCUT2D eigenvalue weighted by Gasteiger charge is -2.22. The molecule has 21 heavy (non-hydrogen) atoms. The summed E-state index contributed by atoms with van der Waals surface area (Å²) in [6, 6.07) is 9.97. The molecule has 0 aliphatic heterocycles. The van der Waals surface area contributed by atoms with Crippen LogP contribution in [-0.4, -0.2) is 17.7 Å². The van der Waals surface area contributed by atoms with Crippen LogP contribution in [0.3, 0.4) is 0 Å². The Labute approximate surface area is 126 Å². The highest BCUT2D eigenvalue weighted by Crippen LogP contribution is 2.22. The van der Waals surface area contributed by atoms with Crippen molar-refractivity contribution in [1.82, 2.24) is 5.32 Å². The number of thiophene rings is 1. The smallest absolute Gasteiger partial charge is 0.319 e. The van der Waals surface area contributed by atoms with Gasteiger partial charge in [-0.15, -0.1) is 0 Å². The number of urea groups is 1. The highest BCUT2D eigenvalue weighted by atomic mass is 32.1. The third kappa shape index (κ3) is 4.05. The number of anilines is 1. The first-order chi connectivity index (χ1) is 10.0. The van der Waals surface area contributed by atoms with Gasteiger partial charge in [-0.2, -0.15) is 16.6 Å². The molecule has 0 saturated heterocycles. The molecule has 1 unspecified atom stereocenters. The normalized spacial score (nSPS) is 13.0. The first kappa shape index (κ1) is 15.0. The number of benzene rings is 1. The van der Waals surface area contributed by atoms with E-state index in [1.54, 1.807) is 31.2 Å². The fraction of sp³-hybridized carbons (Fsp3) is 0.200. The van der Waals surface area contributed by atoms with Crippen LogP contribution in [0.2, 0.25) is 0 Å². The highest BCUT2D eigenvalue weighted by molar-refractivity contribution is 7.08. The second-order valence-corrected chi connectivity index (χ2v) is 5.56. The van der Waals surface area contributed by atoms with E-state index in [2.05, 4.69) is 10.6 Å². The lowest BCUT2D eigenvalue weighted by Crippen LogP contribution is -2.40. The van der Waals surface area contributed by atoms with Gasteiger partial charge in [-0.3, -0.25) is 0 Å². The van der Waals surface area contributed by atoms with Crippen LogP contribution in [0.25, 0.3) is 0 Å². The molecule has 1 atom stereocenters. The van der Waals surface area contributed by atoms with Crippen LogP contribution in [-0.2, 0) is 5.60 Å². The van der Waals surface area contributed by atoms with Gasteiger partial charge in [0, 0.05) is 5.69 Å². The Hall–Kier alpha value is -2.36. The molecular weight excluding hydrogens is 286 g/mol. The van der Waals surface area contributed by atoms with Gasteiger partial charge in [0.25, 0.3) is 0 Å². The van der Waals surface area contributed by atoms with Crippen LogP contribution in [0.5, 0.6) is 0 Å². The van der Waals surface area contributed by atoms with E-state index < -0.39 is 11.6 Å². The molecule has 0 aliphatic carbocycles. The predicted octanol–water partition coefficient (Wildman–Crippen LogP) is 2.65. The maximum Gasteiger partial charge on any atom is 0.319 e. The van der Waals surface area contributed by atoms with Crippen LogP contribution < -0.4 is 10.6 Å². The standard InChI is InChI=1S/C15H15N3O2S/c1-15(20,12-6-7-21-9-12)10-17-14(19)18-13-4-2-11(8-16)3-5-13/h2-7,9,20H,10H2,1H3,(H2,17,18,19). The number of carbonyl (C=O) groups excluding carboxylic acids is 1. The minimum absolute atomic E-state index is 0.103. The van der Waals surface area contributed by atoms with Crippen molar-refractivity contribution in [3.8, 4) is 6.07 Å². The molecule has 0 radical (unpaired) electrons. The van der Waals surface area contributed by atoms with E-state index in [9.17, 15) is 9.90 Å². The number of aliphatic hydroxyl groups is 1. The molecule has 0 fully saturated rings. The molecule has 0 bridgehead atoms. The zero-order valence-corrected chi connectivity index (χ0v) is 12.3. The second kappa shape index (κ2) is 6.39. The number of carbonyl (C=O) groups is 1. The molecule has 108 valence electrons. The molecule has 2 amide bonds. The number of hydrogen-bond acceptors (Lipinski definition) is 4. The lowest BCUT2D eigenvalue weighted by atomic mass is 9.99. The van der Waals surface area contributed by atoms with E-state index in [0.717, 1.165) is 5.56 Å². The average Bonchev–Trinajstić information content (AvgIpc) is 3.01. The molecule has 2 rings (SSSR count). The Bertz CT molecular complexity index is 643. The van der Waals surface area contributed by atoms with E-state index in [0.29, 0.717) is 11.3 Å². The quantitative estimate of drug-likeness (QED) is 0.811. The van der Waals surface area contributed by atoms with E-state index >= 15 is 0 Å². The number of hydrogen-bond donors (Lipinski definition) is 3. The van der Waals surface area contributed by atoms with Gasteiger partial charge in [0.1, 0.15) is 5.60 Å². The largest absolute Gasteiger partial charge is 0.384 e. The molecule has 6 heteroatoms. The van der Waals surface area contributed by atoms with Gasteiger partial charge in [-0.1, -0.05) is 0 Å². The van der Waals surface area contributed by atoms with Crippen molar-refractivity contribution in [3.05, 3.63) is 52.2 Å². The predicted molar refractivity (Wildman–Crippen MR) is 82.1 cm³/mol. The van der Waals surface area contributed by atoms with Crippen LogP contribution in [0.1, 0.15) is 18.1 Å². The molecule has 1 aromatic heterocycles. The Morgan fingerprint density at radius 1 is 1.38 bits per heavy atom. The van der Waals surface area contributed by atoms with Crippen LogP contribution >= 0.6 is 11.3 Å². The summed E-state index contributed by atoms with van der Waals surface area (Å²) < 4.78 is 0.